The second kappa shape index (κ2) is 6.75. The van der Waals surface area contributed by atoms with Crippen molar-refractivity contribution < 1.29 is 4.79 Å². The van der Waals surface area contributed by atoms with Gasteiger partial charge in [-0.25, -0.2) is 4.98 Å². The van der Waals surface area contributed by atoms with Crippen LogP contribution in [0.5, 0.6) is 0 Å². The number of halogens is 1. The van der Waals surface area contributed by atoms with E-state index in [-0.39, 0.29) is 5.91 Å². The Morgan fingerprint density at radius 1 is 1.42 bits per heavy atom. The monoisotopic (exact) mass is 275 g/mol. The van der Waals surface area contributed by atoms with E-state index in [1.54, 1.807) is 24.5 Å². The molecule has 0 unspecified atom stereocenters. The lowest BCUT2D eigenvalue weighted by atomic mass is 10.2. The number of aromatic nitrogens is 2. The lowest BCUT2D eigenvalue weighted by Crippen LogP contribution is -2.23. The topological polar surface area (TPSA) is 57.8 Å². The molecule has 0 spiro atoms. The summed E-state index contributed by atoms with van der Waals surface area (Å²) in [6, 6.07) is 7.37. The minimum absolute atomic E-state index is 0.147. The zero-order valence-electron chi connectivity index (χ0n) is 10.3. The molecule has 5 heteroatoms. The third-order valence-electron chi connectivity index (χ3n) is 2.54. The molecule has 2 aromatic rings. The number of nitrogens with zero attached hydrogens (tertiary/aromatic N) is 1. The summed E-state index contributed by atoms with van der Waals surface area (Å²) in [6.07, 6.45) is 7.30. The zero-order valence-corrected chi connectivity index (χ0v) is 11.0. The highest BCUT2D eigenvalue weighted by Gasteiger charge is 1.98. The van der Waals surface area contributed by atoms with Crippen LogP contribution in [0.2, 0.25) is 5.02 Å². The number of carbonyl (C=O) groups excluding carboxylic acids is 1. The minimum atomic E-state index is -0.147. The summed E-state index contributed by atoms with van der Waals surface area (Å²) >= 11 is 5.98. The quantitative estimate of drug-likeness (QED) is 0.824. The number of imidazole rings is 1. The molecule has 0 aliphatic carbocycles. The van der Waals surface area contributed by atoms with Crippen LogP contribution >= 0.6 is 11.6 Å². The predicted molar refractivity (Wildman–Crippen MR) is 75.8 cm³/mol. The van der Waals surface area contributed by atoms with Gasteiger partial charge >= 0.3 is 0 Å². The highest BCUT2D eigenvalue weighted by atomic mass is 35.5. The number of benzene rings is 1. The Bertz CT molecular complexity index is 564. The average Bonchev–Trinajstić information content (AvgIpc) is 2.91. The molecular formula is C14H14ClN3O. The summed E-state index contributed by atoms with van der Waals surface area (Å²) in [4.78, 5) is 18.6. The number of H-pyrrole nitrogens is 1. The van der Waals surface area contributed by atoms with Crippen molar-refractivity contribution in [2.24, 2.45) is 0 Å². The molecule has 0 atom stereocenters. The SMILES string of the molecule is O=C(/C=C/c1ccccc1Cl)NCCc1ncc[nH]1. The molecule has 2 rings (SSSR count). The molecule has 1 amide bonds. The Hall–Kier alpha value is -2.07. The van der Waals surface area contributed by atoms with E-state index in [1.807, 2.05) is 18.2 Å². The Balaban J connectivity index is 1.79. The molecule has 0 aliphatic heterocycles. The first-order chi connectivity index (χ1) is 9.25. The summed E-state index contributed by atoms with van der Waals surface area (Å²) in [5.74, 6) is 0.710. The Labute approximate surface area is 116 Å². The first-order valence-electron chi connectivity index (χ1n) is 5.94. The van der Waals surface area contributed by atoms with E-state index in [2.05, 4.69) is 15.3 Å². The zero-order chi connectivity index (χ0) is 13.5. The first kappa shape index (κ1) is 13.4. The summed E-state index contributed by atoms with van der Waals surface area (Å²) < 4.78 is 0. The summed E-state index contributed by atoms with van der Waals surface area (Å²) in [6.45, 7) is 0.541. The minimum Gasteiger partial charge on any atom is -0.352 e. The second-order valence-electron chi connectivity index (χ2n) is 3.93. The van der Waals surface area contributed by atoms with Gasteiger partial charge in [-0.15, -0.1) is 0 Å². The van der Waals surface area contributed by atoms with E-state index in [0.29, 0.717) is 18.0 Å². The standard InChI is InChI=1S/C14H14ClN3O/c15-12-4-2-1-3-11(12)5-6-14(19)18-8-7-13-16-9-10-17-13/h1-6,9-10H,7-8H2,(H,16,17)(H,18,19)/b6-5+. The highest BCUT2D eigenvalue weighted by Crippen LogP contribution is 2.15. The third-order valence-corrected chi connectivity index (χ3v) is 2.88. The summed E-state index contributed by atoms with van der Waals surface area (Å²) in [7, 11) is 0. The molecule has 0 radical (unpaired) electrons. The fourth-order valence-corrected chi connectivity index (χ4v) is 1.77. The van der Waals surface area contributed by atoms with E-state index in [4.69, 9.17) is 11.6 Å². The van der Waals surface area contributed by atoms with Crippen molar-refractivity contribution in [3.63, 3.8) is 0 Å². The van der Waals surface area contributed by atoms with Crippen molar-refractivity contribution in [2.45, 2.75) is 6.42 Å². The van der Waals surface area contributed by atoms with Crippen LogP contribution in [0.25, 0.3) is 6.08 Å². The number of nitrogens with one attached hydrogen (secondary N) is 2. The normalized spacial score (nSPS) is 10.8. The molecule has 0 fully saturated rings. The molecule has 0 saturated heterocycles. The first-order valence-corrected chi connectivity index (χ1v) is 6.32. The van der Waals surface area contributed by atoms with Gasteiger partial charge in [0.05, 0.1) is 0 Å². The maximum atomic E-state index is 11.6. The van der Waals surface area contributed by atoms with Gasteiger partial charge in [0.15, 0.2) is 0 Å². The average molecular weight is 276 g/mol. The molecule has 1 aromatic heterocycles. The predicted octanol–water partition coefficient (Wildman–Crippen LogP) is 2.44. The van der Waals surface area contributed by atoms with E-state index < -0.39 is 0 Å². The van der Waals surface area contributed by atoms with E-state index >= 15 is 0 Å². The summed E-state index contributed by atoms with van der Waals surface area (Å²) in [5, 5.41) is 3.41. The maximum absolute atomic E-state index is 11.6. The number of carbonyl (C=O) groups is 1. The van der Waals surface area contributed by atoms with E-state index in [9.17, 15) is 4.79 Å². The van der Waals surface area contributed by atoms with Gasteiger partial charge in [-0.1, -0.05) is 29.8 Å². The molecule has 0 saturated carbocycles. The molecule has 1 aromatic carbocycles. The van der Waals surface area contributed by atoms with Crippen LogP contribution in [-0.4, -0.2) is 22.4 Å². The molecule has 98 valence electrons. The fraction of sp³-hybridized carbons (Fsp3) is 0.143. The molecule has 0 bridgehead atoms. The van der Waals surface area contributed by atoms with Crippen LogP contribution in [0.1, 0.15) is 11.4 Å². The number of hydrogen-bond acceptors (Lipinski definition) is 2. The smallest absolute Gasteiger partial charge is 0.244 e. The Morgan fingerprint density at radius 2 is 2.26 bits per heavy atom. The molecule has 2 N–H and O–H groups in total. The molecule has 4 nitrogen and oxygen atoms in total. The van der Waals surface area contributed by atoms with Gasteiger partial charge in [-0.3, -0.25) is 4.79 Å². The molecule has 0 aliphatic rings. The largest absolute Gasteiger partial charge is 0.352 e. The number of hydrogen-bond donors (Lipinski definition) is 2. The Morgan fingerprint density at radius 3 is 3.00 bits per heavy atom. The Kier molecular flexibility index (Phi) is 4.75. The number of amides is 1. The van der Waals surface area contributed by atoms with Gasteiger partial charge in [-0.2, -0.15) is 0 Å². The summed E-state index contributed by atoms with van der Waals surface area (Å²) in [5.41, 5.74) is 0.824. The number of aromatic amines is 1. The van der Waals surface area contributed by atoms with E-state index in [1.165, 1.54) is 6.08 Å². The lowest BCUT2D eigenvalue weighted by Gasteiger charge is -2.00. The fourth-order valence-electron chi connectivity index (χ4n) is 1.57. The second-order valence-corrected chi connectivity index (χ2v) is 4.34. The van der Waals surface area contributed by atoms with Gasteiger partial charge < -0.3 is 10.3 Å². The van der Waals surface area contributed by atoms with Gasteiger partial charge in [0.2, 0.25) is 5.91 Å². The maximum Gasteiger partial charge on any atom is 0.244 e. The van der Waals surface area contributed by atoms with Gasteiger partial charge in [0.1, 0.15) is 5.82 Å². The van der Waals surface area contributed by atoms with Crippen molar-refractivity contribution in [3.05, 3.63) is 59.1 Å². The van der Waals surface area contributed by atoms with Crippen LogP contribution in [0.4, 0.5) is 0 Å². The lowest BCUT2D eigenvalue weighted by molar-refractivity contribution is -0.116. The van der Waals surface area contributed by atoms with E-state index in [0.717, 1.165) is 11.4 Å². The molecule has 1 heterocycles. The van der Waals surface area contributed by atoms with Crippen LogP contribution in [0.15, 0.2) is 42.7 Å². The van der Waals surface area contributed by atoms with Crippen molar-refractivity contribution in [3.8, 4) is 0 Å². The van der Waals surface area contributed by atoms with Gasteiger partial charge in [0, 0.05) is 36.5 Å². The molecular weight excluding hydrogens is 262 g/mol. The van der Waals surface area contributed by atoms with Crippen LogP contribution in [0, 0.1) is 0 Å². The third kappa shape index (κ3) is 4.26. The van der Waals surface area contributed by atoms with Crippen molar-refractivity contribution in [1.29, 1.82) is 0 Å². The van der Waals surface area contributed by atoms with Crippen LogP contribution in [-0.2, 0) is 11.2 Å². The van der Waals surface area contributed by atoms with Gasteiger partial charge in [0.25, 0.3) is 0 Å². The molecule has 19 heavy (non-hydrogen) atoms. The van der Waals surface area contributed by atoms with Crippen LogP contribution < -0.4 is 5.32 Å². The van der Waals surface area contributed by atoms with Crippen LogP contribution in [0.3, 0.4) is 0 Å². The van der Waals surface area contributed by atoms with Crippen molar-refractivity contribution in [1.82, 2.24) is 15.3 Å². The number of rotatable bonds is 5. The van der Waals surface area contributed by atoms with Crippen molar-refractivity contribution >= 4 is 23.6 Å². The highest BCUT2D eigenvalue weighted by molar-refractivity contribution is 6.32. The van der Waals surface area contributed by atoms with Gasteiger partial charge in [-0.05, 0) is 17.7 Å². The van der Waals surface area contributed by atoms with Crippen molar-refractivity contribution in [2.75, 3.05) is 6.54 Å².